The van der Waals surface area contributed by atoms with Crippen molar-refractivity contribution in [3.8, 4) is 0 Å². The molecule has 1 saturated heterocycles. The molecular weight excluding hydrogens is 614 g/mol. The number of hydrogen-bond donors (Lipinski definition) is 4. The smallest absolute Gasteiger partial charge is 0.220 e. The maximum atomic E-state index is 13.4. The van der Waals surface area contributed by atoms with Gasteiger partial charge in [-0.15, -0.1) is 0 Å². The van der Waals surface area contributed by atoms with Crippen molar-refractivity contribution in [2.24, 2.45) is 17.8 Å². The van der Waals surface area contributed by atoms with Crippen molar-refractivity contribution in [3.63, 3.8) is 0 Å². The molecule has 10 nitrogen and oxygen atoms in total. The summed E-state index contributed by atoms with van der Waals surface area (Å²) in [5.74, 6) is 3.23. The Labute approximate surface area is 291 Å². The highest BCUT2D eigenvalue weighted by molar-refractivity contribution is 6.06. The Kier molecular flexibility index (Phi) is 12.2. The summed E-state index contributed by atoms with van der Waals surface area (Å²) in [6, 6.07) is 8.42. The summed E-state index contributed by atoms with van der Waals surface area (Å²) < 4.78 is 2.29. The molecule has 3 aromatic rings. The molecule has 2 aliphatic carbocycles. The first-order valence-electron chi connectivity index (χ1n) is 19.3. The van der Waals surface area contributed by atoms with Gasteiger partial charge in [-0.25, -0.2) is 9.97 Å². The van der Waals surface area contributed by atoms with Crippen LogP contribution in [0.5, 0.6) is 0 Å². The van der Waals surface area contributed by atoms with Gasteiger partial charge in [-0.2, -0.15) is 0 Å². The number of para-hydroxylation sites is 1. The van der Waals surface area contributed by atoms with E-state index in [4.69, 9.17) is 10.7 Å². The molecule has 6 rings (SSSR count). The van der Waals surface area contributed by atoms with Crippen LogP contribution in [-0.4, -0.2) is 57.3 Å². The third-order valence-electron chi connectivity index (χ3n) is 11.4. The Hall–Kier alpha value is -3.53. The van der Waals surface area contributed by atoms with Crippen LogP contribution in [0, 0.1) is 17.8 Å². The number of Topliss-reactive ketones (excluding diaryl/α,β-unsaturated/α-hetero) is 1. The van der Waals surface area contributed by atoms with E-state index in [0.29, 0.717) is 42.6 Å². The summed E-state index contributed by atoms with van der Waals surface area (Å²) in [6.07, 6.45) is 16.6. The molecule has 1 aromatic carbocycles. The molecule has 2 amide bonds. The fourth-order valence-electron chi connectivity index (χ4n) is 8.83. The number of nitrogens with one attached hydrogen (secondary N) is 3. The van der Waals surface area contributed by atoms with Crippen molar-refractivity contribution >= 4 is 45.4 Å². The first-order valence-corrected chi connectivity index (χ1v) is 19.3. The van der Waals surface area contributed by atoms with Gasteiger partial charge in [-0.1, -0.05) is 50.8 Å². The number of carbonyl (C=O) groups is 3. The standard InChI is InChI=1S/C39H57N7O3/c1-2-3-18-31-45-36-37(28-15-7-8-16-29(28)44-39(36)40)46(31)25-12-11-24-42-33(48)22-21-32(47)41-23-10-9-17-30-38(49)34-26-13-5-4-6-14-27(20-19-26)35(34)43-30/h7-8,15-16,26-27,30,34-35,43H,2-6,9-14,17-25H2,1H3,(H2,40,44)(H,41,47)(H,42,48). The highest BCUT2D eigenvalue weighted by Gasteiger charge is 2.50. The van der Waals surface area contributed by atoms with E-state index in [2.05, 4.69) is 38.5 Å². The van der Waals surface area contributed by atoms with E-state index in [0.717, 1.165) is 85.7 Å². The first kappa shape index (κ1) is 35.3. The maximum Gasteiger partial charge on any atom is 0.220 e. The first-order chi connectivity index (χ1) is 23.9. The Bertz CT molecular complexity index is 1600. The summed E-state index contributed by atoms with van der Waals surface area (Å²) in [5, 5.41) is 10.8. The number of pyridine rings is 1. The second-order valence-corrected chi connectivity index (χ2v) is 14.8. The van der Waals surface area contributed by atoms with Crippen molar-refractivity contribution in [1.82, 2.24) is 30.5 Å². The third kappa shape index (κ3) is 8.44. The summed E-state index contributed by atoms with van der Waals surface area (Å²) in [5.41, 5.74) is 9.00. The number of aryl methyl sites for hydroxylation is 2. The van der Waals surface area contributed by atoms with Crippen molar-refractivity contribution in [3.05, 3.63) is 30.1 Å². The minimum Gasteiger partial charge on any atom is -0.382 e. The minimum atomic E-state index is -0.0970. The van der Waals surface area contributed by atoms with Crippen molar-refractivity contribution < 1.29 is 14.4 Å². The van der Waals surface area contributed by atoms with Crippen molar-refractivity contribution in [1.29, 1.82) is 0 Å². The van der Waals surface area contributed by atoms with E-state index in [1.165, 1.54) is 44.9 Å². The number of ketones is 1. The molecule has 0 spiro atoms. The molecule has 2 aromatic heterocycles. The number of benzene rings is 1. The molecule has 3 fully saturated rings. The predicted molar refractivity (Wildman–Crippen MR) is 195 cm³/mol. The summed E-state index contributed by atoms with van der Waals surface area (Å²) in [4.78, 5) is 47.7. The molecule has 2 saturated carbocycles. The normalized spacial score (nSPS) is 23.7. The molecule has 2 bridgehead atoms. The van der Waals surface area contributed by atoms with Crippen molar-refractivity contribution in [2.75, 3.05) is 18.8 Å². The summed E-state index contributed by atoms with van der Waals surface area (Å²) >= 11 is 0. The van der Waals surface area contributed by atoms with Gasteiger partial charge in [-0.3, -0.25) is 14.4 Å². The molecule has 5 N–H and O–H groups in total. The number of nitrogens with zero attached hydrogens (tertiary/aromatic N) is 3. The van der Waals surface area contributed by atoms with E-state index < -0.39 is 0 Å². The van der Waals surface area contributed by atoms with Crippen molar-refractivity contribution in [2.45, 2.75) is 135 Å². The number of nitrogen functional groups attached to an aromatic ring is 1. The summed E-state index contributed by atoms with van der Waals surface area (Å²) in [6.45, 7) is 4.12. The molecule has 5 unspecified atom stereocenters. The predicted octanol–water partition coefficient (Wildman–Crippen LogP) is 5.99. The molecule has 0 radical (unpaired) electrons. The lowest BCUT2D eigenvalue weighted by Crippen LogP contribution is -2.43. The molecule has 3 aliphatic rings. The molecule has 10 heteroatoms. The van der Waals surface area contributed by atoms with Crippen LogP contribution < -0.4 is 21.7 Å². The van der Waals surface area contributed by atoms with Gasteiger partial charge in [0.25, 0.3) is 0 Å². The molecule has 266 valence electrons. The van der Waals surface area contributed by atoms with Gasteiger partial charge in [0.2, 0.25) is 11.8 Å². The van der Waals surface area contributed by atoms with E-state index in [1.807, 2.05) is 18.2 Å². The summed E-state index contributed by atoms with van der Waals surface area (Å²) in [7, 11) is 0. The second kappa shape index (κ2) is 16.9. The molecular formula is C39H57N7O3. The van der Waals surface area contributed by atoms with E-state index in [9.17, 15) is 14.4 Å². The molecule has 1 aliphatic heterocycles. The number of anilines is 1. The largest absolute Gasteiger partial charge is 0.382 e. The quantitative estimate of drug-likeness (QED) is 0.137. The average Bonchev–Trinajstić information content (AvgIpc) is 3.69. The zero-order valence-electron chi connectivity index (χ0n) is 29.5. The van der Waals surface area contributed by atoms with Crippen LogP contribution in [0.4, 0.5) is 5.82 Å². The molecule has 49 heavy (non-hydrogen) atoms. The van der Waals surface area contributed by atoms with Crippen LogP contribution in [0.25, 0.3) is 21.9 Å². The zero-order chi connectivity index (χ0) is 34.2. The number of rotatable bonds is 16. The Balaban J connectivity index is 0.868. The minimum absolute atomic E-state index is 0.0182. The monoisotopic (exact) mass is 671 g/mol. The van der Waals surface area contributed by atoms with Gasteiger partial charge in [0.1, 0.15) is 11.3 Å². The Morgan fingerprint density at radius 3 is 2.39 bits per heavy atom. The Morgan fingerprint density at radius 1 is 0.898 bits per heavy atom. The van der Waals surface area contributed by atoms with Gasteiger partial charge < -0.3 is 26.3 Å². The van der Waals surface area contributed by atoms with Crippen LogP contribution in [-0.2, 0) is 27.3 Å². The lowest BCUT2D eigenvalue weighted by Gasteiger charge is -2.37. The second-order valence-electron chi connectivity index (χ2n) is 14.8. The fraction of sp³-hybridized carbons (Fsp3) is 0.667. The number of aromatic nitrogens is 3. The van der Waals surface area contributed by atoms with Gasteiger partial charge in [-0.05, 0) is 82.1 Å². The Morgan fingerprint density at radius 2 is 1.61 bits per heavy atom. The number of amides is 2. The maximum absolute atomic E-state index is 13.4. The molecule has 3 heterocycles. The van der Waals surface area contributed by atoms with Crippen LogP contribution >= 0.6 is 0 Å². The topological polar surface area (TPSA) is 144 Å². The number of hydrogen-bond acceptors (Lipinski definition) is 7. The lowest BCUT2D eigenvalue weighted by atomic mass is 9.68. The van der Waals surface area contributed by atoms with Crippen LogP contribution in [0.3, 0.4) is 0 Å². The lowest BCUT2D eigenvalue weighted by molar-refractivity contribution is -0.126. The number of unbranched alkanes of at least 4 members (excludes halogenated alkanes) is 3. The van der Waals surface area contributed by atoms with Gasteiger partial charge in [0.05, 0.1) is 17.1 Å². The zero-order valence-corrected chi connectivity index (χ0v) is 29.5. The number of imidazole rings is 1. The number of carbonyl (C=O) groups excluding carboxylic acids is 3. The SMILES string of the molecule is CCCCc1nc2c(N)nc3ccccc3c2n1CCCCNC(=O)CCC(=O)NCCCCC1NC2C3CCCCCC(CC3)C2C1=O. The molecule has 5 atom stereocenters. The highest BCUT2D eigenvalue weighted by Crippen LogP contribution is 2.45. The van der Waals surface area contributed by atoms with Gasteiger partial charge >= 0.3 is 0 Å². The third-order valence-corrected chi connectivity index (χ3v) is 11.4. The van der Waals surface area contributed by atoms with E-state index in [1.54, 1.807) is 0 Å². The van der Waals surface area contributed by atoms with Crippen LogP contribution in [0.2, 0.25) is 0 Å². The fourth-order valence-corrected chi connectivity index (χ4v) is 8.83. The van der Waals surface area contributed by atoms with Crippen LogP contribution in [0.1, 0.15) is 115 Å². The highest BCUT2D eigenvalue weighted by atomic mass is 16.2. The number of nitrogens with two attached hydrogens (primary N) is 1. The average molecular weight is 672 g/mol. The van der Waals surface area contributed by atoms with E-state index >= 15 is 0 Å². The number of fused-ring (bicyclic) bond motifs is 3. The van der Waals surface area contributed by atoms with E-state index in [-0.39, 0.29) is 36.6 Å². The van der Waals surface area contributed by atoms with Gasteiger partial charge in [0.15, 0.2) is 11.6 Å². The van der Waals surface area contributed by atoms with Gasteiger partial charge in [0, 0.05) is 56.2 Å². The van der Waals surface area contributed by atoms with Crippen LogP contribution in [0.15, 0.2) is 24.3 Å².